The summed E-state index contributed by atoms with van der Waals surface area (Å²) < 4.78 is 1.76. The van der Waals surface area contributed by atoms with Gasteiger partial charge in [0.25, 0.3) is 0 Å². The van der Waals surface area contributed by atoms with Gasteiger partial charge in [0.1, 0.15) is 0 Å². The number of hydrogen-bond acceptors (Lipinski definition) is 3. The second-order valence-corrected chi connectivity index (χ2v) is 5.61. The Bertz CT molecular complexity index is 442. The van der Waals surface area contributed by atoms with Crippen molar-refractivity contribution < 1.29 is 4.79 Å². The Kier molecular flexibility index (Phi) is 2.97. The van der Waals surface area contributed by atoms with Crippen LogP contribution in [-0.2, 0) is 11.3 Å². The lowest BCUT2D eigenvalue weighted by atomic mass is 9.88. The average Bonchev–Trinajstić information content (AvgIpc) is 3.05. The highest BCUT2D eigenvalue weighted by molar-refractivity contribution is 5.79. The summed E-state index contributed by atoms with van der Waals surface area (Å²) in [6.07, 6.45) is 8.36. The monoisotopic (exact) mass is 248 g/mol. The van der Waals surface area contributed by atoms with Gasteiger partial charge >= 0.3 is 0 Å². The van der Waals surface area contributed by atoms with Crippen molar-refractivity contribution in [3.05, 3.63) is 12.4 Å². The highest BCUT2D eigenvalue weighted by atomic mass is 16.1. The van der Waals surface area contributed by atoms with Gasteiger partial charge in [-0.05, 0) is 31.1 Å². The second-order valence-electron chi connectivity index (χ2n) is 5.61. The summed E-state index contributed by atoms with van der Waals surface area (Å²) in [6.45, 7) is 1.32. The fraction of sp³-hybridized carbons (Fsp3) is 0.692. The first-order valence-corrected chi connectivity index (χ1v) is 6.78. The summed E-state index contributed by atoms with van der Waals surface area (Å²) >= 11 is 0. The van der Waals surface area contributed by atoms with E-state index in [4.69, 9.17) is 5.73 Å². The van der Waals surface area contributed by atoms with Crippen molar-refractivity contribution in [2.75, 3.05) is 12.3 Å². The first kappa shape index (κ1) is 11.6. The van der Waals surface area contributed by atoms with Crippen molar-refractivity contribution in [3.8, 4) is 0 Å². The number of carbonyl (C=O) groups is 1. The molecule has 3 unspecified atom stereocenters. The molecule has 1 amide bonds. The van der Waals surface area contributed by atoms with Gasteiger partial charge in [0, 0.05) is 18.7 Å². The number of nitrogen functional groups attached to an aromatic ring is 1. The van der Waals surface area contributed by atoms with E-state index in [1.54, 1.807) is 17.1 Å². The number of nitrogens with two attached hydrogens (primary N) is 1. The number of nitrogens with one attached hydrogen (secondary N) is 1. The van der Waals surface area contributed by atoms with Gasteiger partial charge in [0.05, 0.1) is 18.4 Å². The van der Waals surface area contributed by atoms with E-state index in [-0.39, 0.29) is 11.8 Å². The molecular weight excluding hydrogens is 228 g/mol. The lowest BCUT2D eigenvalue weighted by Gasteiger charge is -2.20. The SMILES string of the molecule is Nc1cnn(CCNC(=O)C2CC3CCC2C3)c1. The van der Waals surface area contributed by atoms with Crippen LogP contribution in [0, 0.1) is 17.8 Å². The van der Waals surface area contributed by atoms with Crippen LogP contribution in [0.15, 0.2) is 12.4 Å². The fourth-order valence-corrected chi connectivity index (χ4v) is 3.49. The highest BCUT2D eigenvalue weighted by Crippen LogP contribution is 2.48. The molecule has 2 aliphatic rings. The number of amides is 1. The maximum Gasteiger partial charge on any atom is 0.223 e. The standard InChI is InChI=1S/C13H20N4O/c14-11-7-16-17(8-11)4-3-15-13(18)12-6-9-1-2-10(12)5-9/h7-10,12H,1-6,14H2,(H,15,18). The van der Waals surface area contributed by atoms with Crippen LogP contribution in [0.5, 0.6) is 0 Å². The van der Waals surface area contributed by atoms with Gasteiger partial charge in [-0.25, -0.2) is 0 Å². The zero-order valence-electron chi connectivity index (χ0n) is 10.5. The minimum atomic E-state index is 0.238. The first-order valence-electron chi connectivity index (χ1n) is 6.78. The summed E-state index contributed by atoms with van der Waals surface area (Å²) in [6, 6.07) is 0. The van der Waals surface area contributed by atoms with Crippen LogP contribution in [0.2, 0.25) is 0 Å². The number of hydrogen-bond donors (Lipinski definition) is 2. The van der Waals surface area contributed by atoms with Crippen molar-refractivity contribution in [1.29, 1.82) is 0 Å². The summed E-state index contributed by atoms with van der Waals surface area (Å²) in [5.74, 6) is 1.97. The summed E-state index contributed by atoms with van der Waals surface area (Å²) in [4.78, 5) is 12.1. The van der Waals surface area contributed by atoms with Crippen molar-refractivity contribution >= 4 is 11.6 Å². The average molecular weight is 248 g/mol. The van der Waals surface area contributed by atoms with Crippen LogP contribution in [0.1, 0.15) is 25.7 Å². The van der Waals surface area contributed by atoms with Crippen molar-refractivity contribution in [3.63, 3.8) is 0 Å². The minimum absolute atomic E-state index is 0.238. The smallest absolute Gasteiger partial charge is 0.223 e. The molecule has 0 radical (unpaired) electrons. The molecule has 1 aromatic heterocycles. The molecule has 18 heavy (non-hydrogen) atoms. The number of rotatable bonds is 4. The zero-order valence-corrected chi connectivity index (χ0v) is 10.5. The molecule has 1 aromatic rings. The van der Waals surface area contributed by atoms with Gasteiger partial charge < -0.3 is 11.1 Å². The lowest BCUT2D eigenvalue weighted by molar-refractivity contribution is -0.126. The van der Waals surface area contributed by atoms with E-state index >= 15 is 0 Å². The molecule has 1 heterocycles. The van der Waals surface area contributed by atoms with Crippen LogP contribution in [-0.4, -0.2) is 22.2 Å². The third-order valence-corrected chi connectivity index (χ3v) is 4.37. The van der Waals surface area contributed by atoms with Crippen molar-refractivity contribution in [2.45, 2.75) is 32.2 Å². The lowest BCUT2D eigenvalue weighted by Crippen LogP contribution is -2.35. The second kappa shape index (κ2) is 4.63. The molecule has 3 atom stereocenters. The highest BCUT2D eigenvalue weighted by Gasteiger charge is 2.42. The van der Waals surface area contributed by atoms with Crippen LogP contribution >= 0.6 is 0 Å². The predicted molar refractivity (Wildman–Crippen MR) is 68.6 cm³/mol. The van der Waals surface area contributed by atoms with E-state index in [0.717, 1.165) is 12.3 Å². The molecule has 3 rings (SSSR count). The molecule has 2 bridgehead atoms. The maximum atomic E-state index is 12.1. The normalized spacial score (nSPS) is 29.7. The molecule has 5 nitrogen and oxygen atoms in total. The van der Waals surface area contributed by atoms with Crippen LogP contribution in [0.25, 0.3) is 0 Å². The van der Waals surface area contributed by atoms with Crippen LogP contribution in [0.4, 0.5) is 5.69 Å². The quantitative estimate of drug-likeness (QED) is 0.835. The largest absolute Gasteiger partial charge is 0.396 e. The Balaban J connectivity index is 1.44. The minimum Gasteiger partial charge on any atom is -0.396 e. The molecule has 0 aromatic carbocycles. The predicted octanol–water partition coefficient (Wildman–Crippen LogP) is 1.02. The van der Waals surface area contributed by atoms with Crippen LogP contribution in [0.3, 0.4) is 0 Å². The van der Waals surface area contributed by atoms with Crippen LogP contribution < -0.4 is 11.1 Å². The molecule has 2 fully saturated rings. The molecule has 2 saturated carbocycles. The molecule has 0 saturated heterocycles. The number of fused-ring (bicyclic) bond motifs is 2. The summed E-state index contributed by atoms with van der Waals surface area (Å²) in [7, 11) is 0. The Labute approximate surface area is 107 Å². The molecule has 2 aliphatic carbocycles. The summed E-state index contributed by atoms with van der Waals surface area (Å²) in [5.41, 5.74) is 6.24. The number of anilines is 1. The number of aromatic nitrogens is 2. The van der Waals surface area contributed by atoms with Gasteiger partial charge in [0.2, 0.25) is 5.91 Å². The molecular formula is C13H20N4O. The van der Waals surface area contributed by atoms with Crippen molar-refractivity contribution in [1.82, 2.24) is 15.1 Å². The topological polar surface area (TPSA) is 72.9 Å². The number of carbonyl (C=O) groups excluding carboxylic acids is 1. The molecule has 5 heteroatoms. The fourth-order valence-electron chi connectivity index (χ4n) is 3.49. The Morgan fingerprint density at radius 2 is 2.39 bits per heavy atom. The van der Waals surface area contributed by atoms with E-state index in [9.17, 15) is 4.79 Å². The van der Waals surface area contributed by atoms with Gasteiger partial charge in [-0.1, -0.05) is 6.42 Å². The Hall–Kier alpha value is -1.52. The maximum absolute atomic E-state index is 12.1. The Morgan fingerprint density at radius 3 is 3.00 bits per heavy atom. The Morgan fingerprint density at radius 1 is 1.50 bits per heavy atom. The molecule has 0 aliphatic heterocycles. The first-order chi connectivity index (χ1) is 8.72. The van der Waals surface area contributed by atoms with E-state index in [2.05, 4.69) is 10.4 Å². The third kappa shape index (κ3) is 2.21. The van der Waals surface area contributed by atoms with E-state index < -0.39 is 0 Å². The van der Waals surface area contributed by atoms with E-state index in [1.807, 2.05) is 0 Å². The van der Waals surface area contributed by atoms with E-state index in [0.29, 0.717) is 24.7 Å². The van der Waals surface area contributed by atoms with Gasteiger partial charge in [-0.2, -0.15) is 5.10 Å². The van der Waals surface area contributed by atoms with E-state index in [1.165, 1.54) is 19.3 Å². The summed E-state index contributed by atoms with van der Waals surface area (Å²) in [5, 5.41) is 7.12. The number of nitrogens with zero attached hydrogens (tertiary/aromatic N) is 2. The molecule has 0 spiro atoms. The van der Waals surface area contributed by atoms with Gasteiger partial charge in [0.15, 0.2) is 0 Å². The van der Waals surface area contributed by atoms with Gasteiger partial charge in [-0.15, -0.1) is 0 Å². The third-order valence-electron chi connectivity index (χ3n) is 4.37. The zero-order chi connectivity index (χ0) is 12.5. The van der Waals surface area contributed by atoms with Crippen molar-refractivity contribution in [2.24, 2.45) is 17.8 Å². The van der Waals surface area contributed by atoms with Gasteiger partial charge in [-0.3, -0.25) is 9.48 Å². The molecule has 3 N–H and O–H groups in total. The molecule has 98 valence electrons.